The predicted molar refractivity (Wildman–Crippen MR) is 262 cm³/mol. The predicted octanol–water partition coefficient (Wildman–Crippen LogP) is 16.9. The summed E-state index contributed by atoms with van der Waals surface area (Å²) in [4.78, 5) is 7.51. The summed E-state index contributed by atoms with van der Waals surface area (Å²) < 4.78 is 19.6. The number of rotatable bonds is 7. The van der Waals surface area contributed by atoms with Crippen LogP contribution in [0.1, 0.15) is 0 Å². The van der Waals surface area contributed by atoms with Crippen molar-refractivity contribution in [2.75, 3.05) is 4.90 Å². The van der Waals surface area contributed by atoms with E-state index < -0.39 is 0 Å². The fourth-order valence-electron chi connectivity index (χ4n) is 9.36. The minimum absolute atomic E-state index is 0.538. The van der Waals surface area contributed by atoms with Gasteiger partial charge in [-0.1, -0.05) is 140 Å². The highest BCUT2D eigenvalue weighted by molar-refractivity contribution is 6.21. The number of furan rings is 2. The zero-order chi connectivity index (χ0) is 42.1. The molecule has 13 rings (SSSR count). The van der Waals surface area contributed by atoms with E-state index in [0.29, 0.717) is 11.5 Å². The van der Waals surface area contributed by atoms with Crippen LogP contribution in [-0.2, 0) is 0 Å². The van der Waals surface area contributed by atoms with Crippen LogP contribution in [0.2, 0.25) is 0 Å². The molecular weight excluding hydrogens is 785 g/mol. The summed E-state index contributed by atoms with van der Waals surface area (Å²) in [6, 6.07) is 76.5. The van der Waals surface area contributed by atoms with Crippen LogP contribution in [0.3, 0.4) is 0 Å². The lowest BCUT2D eigenvalue weighted by atomic mass is 9.99. The highest BCUT2D eigenvalue weighted by Crippen LogP contribution is 2.45. The van der Waals surface area contributed by atoms with Crippen LogP contribution in [0, 0.1) is 0 Å². The second kappa shape index (κ2) is 14.5. The molecule has 300 valence electrons. The highest BCUT2D eigenvalue weighted by Gasteiger charge is 2.23. The Kier molecular flexibility index (Phi) is 8.15. The number of hydrogen-bond acceptors (Lipinski definition) is 5. The number of fused-ring (bicyclic) bond motifs is 9. The summed E-state index contributed by atoms with van der Waals surface area (Å²) in [7, 11) is 0. The Morgan fingerprint density at radius 2 is 0.938 bits per heavy atom. The first-order chi connectivity index (χ1) is 31.7. The molecule has 0 bridgehead atoms. The van der Waals surface area contributed by atoms with Gasteiger partial charge in [-0.2, -0.15) is 0 Å². The second-order valence-electron chi connectivity index (χ2n) is 16.3. The Morgan fingerprint density at radius 3 is 1.77 bits per heavy atom. The summed E-state index contributed by atoms with van der Waals surface area (Å²) in [5.41, 5.74) is 15.2. The fourth-order valence-corrected chi connectivity index (χ4v) is 9.36. The second-order valence-corrected chi connectivity index (χ2v) is 16.3. The van der Waals surface area contributed by atoms with E-state index in [-0.39, 0.29) is 0 Å². The first-order valence-electron chi connectivity index (χ1n) is 21.5. The molecule has 5 nitrogen and oxygen atoms in total. The maximum atomic E-state index is 6.77. The SMILES string of the molecule is c1ccc(-c2cccc(N(c3ccc(-c4ccc5ccccc5c4)cc3)c3cccc(-c4cc5oc(-c6ccc7oc8ccccc8c7c6)nc5c5c4oc4ccccc45)c3)c2)cc1. The molecule has 3 heterocycles. The first kappa shape index (κ1) is 36.0. The molecule has 0 amide bonds. The van der Waals surface area contributed by atoms with Gasteiger partial charge in [0.15, 0.2) is 5.58 Å². The summed E-state index contributed by atoms with van der Waals surface area (Å²) in [6.07, 6.45) is 0. The Morgan fingerprint density at radius 1 is 0.328 bits per heavy atom. The lowest BCUT2D eigenvalue weighted by molar-refractivity contribution is 0.619. The van der Waals surface area contributed by atoms with Crippen molar-refractivity contribution in [3.63, 3.8) is 0 Å². The van der Waals surface area contributed by atoms with E-state index in [9.17, 15) is 0 Å². The molecule has 0 spiro atoms. The Labute approximate surface area is 367 Å². The van der Waals surface area contributed by atoms with Crippen molar-refractivity contribution in [3.05, 3.63) is 218 Å². The third-order valence-electron chi connectivity index (χ3n) is 12.5. The lowest BCUT2D eigenvalue weighted by Crippen LogP contribution is -2.10. The molecule has 0 aliphatic carbocycles. The molecule has 64 heavy (non-hydrogen) atoms. The van der Waals surface area contributed by atoms with Crippen molar-refractivity contribution in [2.45, 2.75) is 0 Å². The van der Waals surface area contributed by atoms with Gasteiger partial charge in [0.1, 0.15) is 27.8 Å². The van der Waals surface area contributed by atoms with Gasteiger partial charge in [-0.15, -0.1) is 0 Å². The minimum Gasteiger partial charge on any atom is -0.456 e. The lowest BCUT2D eigenvalue weighted by Gasteiger charge is -2.27. The van der Waals surface area contributed by atoms with Crippen LogP contribution < -0.4 is 4.90 Å². The van der Waals surface area contributed by atoms with Crippen LogP contribution in [0.25, 0.3) is 111 Å². The van der Waals surface area contributed by atoms with Gasteiger partial charge in [-0.3, -0.25) is 0 Å². The van der Waals surface area contributed by atoms with Crippen molar-refractivity contribution in [1.82, 2.24) is 4.98 Å². The maximum absolute atomic E-state index is 6.77. The molecule has 0 unspecified atom stereocenters. The third kappa shape index (κ3) is 5.98. The Bertz CT molecular complexity index is 3910. The van der Waals surface area contributed by atoms with Gasteiger partial charge in [-0.05, 0) is 117 Å². The van der Waals surface area contributed by atoms with E-state index in [2.05, 4.69) is 175 Å². The number of benzene rings is 10. The first-order valence-corrected chi connectivity index (χ1v) is 21.5. The molecule has 0 radical (unpaired) electrons. The zero-order valence-corrected chi connectivity index (χ0v) is 34.4. The molecule has 13 aromatic rings. The molecule has 0 saturated heterocycles. The number of oxazole rings is 1. The Balaban J connectivity index is 0.964. The van der Waals surface area contributed by atoms with Crippen molar-refractivity contribution in [3.8, 4) is 44.8 Å². The van der Waals surface area contributed by atoms with Gasteiger partial charge < -0.3 is 18.2 Å². The number of nitrogens with zero attached hydrogens (tertiary/aromatic N) is 2. The van der Waals surface area contributed by atoms with Gasteiger partial charge in [-0.25, -0.2) is 4.98 Å². The van der Waals surface area contributed by atoms with E-state index in [0.717, 1.165) is 99.8 Å². The standard InChI is InChI=1S/C59H36N2O3/c1-2-12-37(13-3-1)41-16-10-18-46(33-41)61(45-29-26-39(27-30-45)42-25-24-38-14-4-5-15-40(38)32-42)47-19-11-17-43(34-47)50-36-55-57(56-49-21-7-9-23-53(49)63-58(50)56)60-59(64-55)44-28-31-54-51(35-44)48-20-6-8-22-52(48)62-54/h1-36H. The number of anilines is 3. The summed E-state index contributed by atoms with van der Waals surface area (Å²) >= 11 is 0. The molecular formula is C59H36N2O3. The molecule has 0 saturated carbocycles. The van der Waals surface area contributed by atoms with E-state index in [1.807, 2.05) is 48.5 Å². The normalized spacial score (nSPS) is 11.8. The van der Waals surface area contributed by atoms with Gasteiger partial charge in [0, 0.05) is 44.3 Å². The molecule has 5 heteroatoms. The molecule has 0 atom stereocenters. The van der Waals surface area contributed by atoms with Gasteiger partial charge in [0.2, 0.25) is 5.89 Å². The molecule has 0 aliphatic rings. The fraction of sp³-hybridized carbons (Fsp3) is 0. The average Bonchev–Trinajstić information content (AvgIpc) is 4.08. The third-order valence-corrected chi connectivity index (χ3v) is 12.5. The average molecular weight is 821 g/mol. The van der Waals surface area contributed by atoms with Crippen molar-refractivity contribution >= 4 is 82.8 Å². The van der Waals surface area contributed by atoms with Gasteiger partial charge >= 0.3 is 0 Å². The molecule has 0 aliphatic heterocycles. The van der Waals surface area contributed by atoms with Crippen molar-refractivity contribution < 1.29 is 13.3 Å². The van der Waals surface area contributed by atoms with Crippen LogP contribution in [0.5, 0.6) is 0 Å². The molecule has 3 aromatic heterocycles. The quantitative estimate of drug-likeness (QED) is 0.160. The van der Waals surface area contributed by atoms with Crippen LogP contribution >= 0.6 is 0 Å². The van der Waals surface area contributed by atoms with E-state index >= 15 is 0 Å². The van der Waals surface area contributed by atoms with E-state index in [1.54, 1.807) is 0 Å². The molecule has 0 N–H and O–H groups in total. The maximum Gasteiger partial charge on any atom is 0.227 e. The monoisotopic (exact) mass is 820 g/mol. The van der Waals surface area contributed by atoms with Gasteiger partial charge in [0.25, 0.3) is 0 Å². The largest absolute Gasteiger partial charge is 0.456 e. The van der Waals surface area contributed by atoms with Crippen LogP contribution in [-0.4, -0.2) is 4.98 Å². The van der Waals surface area contributed by atoms with Gasteiger partial charge in [0.05, 0.1) is 5.39 Å². The summed E-state index contributed by atoms with van der Waals surface area (Å²) in [6.45, 7) is 0. The smallest absolute Gasteiger partial charge is 0.227 e. The topological polar surface area (TPSA) is 55.6 Å². The van der Waals surface area contributed by atoms with Crippen LogP contribution in [0.15, 0.2) is 232 Å². The number of para-hydroxylation sites is 2. The zero-order valence-electron chi connectivity index (χ0n) is 34.4. The van der Waals surface area contributed by atoms with E-state index in [4.69, 9.17) is 18.2 Å². The van der Waals surface area contributed by atoms with Crippen LogP contribution in [0.4, 0.5) is 17.1 Å². The Hall–Kier alpha value is -8.67. The molecule has 0 fully saturated rings. The van der Waals surface area contributed by atoms with Crippen molar-refractivity contribution in [2.24, 2.45) is 0 Å². The molecule has 10 aromatic carbocycles. The minimum atomic E-state index is 0.538. The van der Waals surface area contributed by atoms with Crippen molar-refractivity contribution in [1.29, 1.82) is 0 Å². The van der Waals surface area contributed by atoms with E-state index in [1.165, 1.54) is 16.3 Å². The number of hydrogen-bond donors (Lipinski definition) is 0. The number of aromatic nitrogens is 1. The highest BCUT2D eigenvalue weighted by atomic mass is 16.4. The summed E-state index contributed by atoms with van der Waals surface area (Å²) in [5.74, 6) is 0.538. The summed E-state index contributed by atoms with van der Waals surface area (Å²) in [5, 5.41) is 6.45.